The van der Waals surface area contributed by atoms with Gasteiger partial charge in [0.05, 0.1) is 23.8 Å². The van der Waals surface area contributed by atoms with Crippen molar-refractivity contribution in [2.45, 2.75) is 77.8 Å². The third kappa shape index (κ3) is 4.10. The number of methoxy groups -OCH3 is 1. The van der Waals surface area contributed by atoms with Gasteiger partial charge in [-0.15, -0.1) is 0 Å². The van der Waals surface area contributed by atoms with Gasteiger partial charge in [0.1, 0.15) is 5.82 Å². The first kappa shape index (κ1) is 22.9. The average Bonchev–Trinajstić information content (AvgIpc) is 3.22. The van der Waals surface area contributed by atoms with Crippen LogP contribution in [-0.2, 0) is 17.6 Å². The molecule has 5 rings (SSSR count). The van der Waals surface area contributed by atoms with Crippen LogP contribution < -0.4 is 4.90 Å². The molecular formula is C29H37N3O2. The Morgan fingerprint density at radius 1 is 1.12 bits per heavy atom. The quantitative estimate of drug-likeness (QED) is 0.425. The highest BCUT2D eigenvalue weighted by Crippen LogP contribution is 2.42. The lowest BCUT2D eigenvalue weighted by atomic mass is 9.79. The lowest BCUT2D eigenvalue weighted by Gasteiger charge is -2.35. The zero-order valence-corrected chi connectivity index (χ0v) is 21.0. The van der Waals surface area contributed by atoms with Crippen molar-refractivity contribution in [3.63, 3.8) is 0 Å². The summed E-state index contributed by atoms with van der Waals surface area (Å²) in [5, 5.41) is 0. The van der Waals surface area contributed by atoms with E-state index in [0.717, 1.165) is 42.2 Å². The Labute approximate surface area is 203 Å². The van der Waals surface area contributed by atoms with Gasteiger partial charge in [-0.25, -0.2) is 9.78 Å². The minimum absolute atomic E-state index is 0.119. The second-order valence-electron chi connectivity index (χ2n) is 10.5. The molecule has 5 heteroatoms. The molecule has 180 valence electrons. The maximum absolute atomic E-state index is 12.6. The fourth-order valence-corrected chi connectivity index (χ4v) is 6.17. The standard InChI is InChI=1S/C29H37N3O2/c1-19(2)22-11-8-12-23(18-22)32-26-16-15-25-24(14-13-20(3)31(25)29(33)34-4)28(26)30-27(32)17-21-9-6-5-7-10-21/h5-7,9-10,15-16,19-20,22-23H,8,11-14,17-18H2,1-4H3/t20-,22?,23+/m0/s1. The summed E-state index contributed by atoms with van der Waals surface area (Å²) in [7, 11) is 1.46. The summed E-state index contributed by atoms with van der Waals surface area (Å²) < 4.78 is 7.68. The Bertz CT molecular complexity index is 1170. The van der Waals surface area contributed by atoms with Crippen molar-refractivity contribution in [3.8, 4) is 0 Å². The zero-order chi connectivity index (χ0) is 23.8. The van der Waals surface area contributed by atoms with Crippen molar-refractivity contribution in [2.24, 2.45) is 11.8 Å². The first-order chi connectivity index (χ1) is 16.5. The molecule has 3 atom stereocenters. The van der Waals surface area contributed by atoms with E-state index in [4.69, 9.17) is 9.72 Å². The van der Waals surface area contributed by atoms with E-state index in [1.54, 1.807) is 0 Å². The normalized spacial score (nSPS) is 22.7. The lowest BCUT2D eigenvalue weighted by Crippen LogP contribution is -2.42. The van der Waals surface area contributed by atoms with Crippen molar-refractivity contribution >= 4 is 22.8 Å². The number of anilines is 1. The number of hydrogen-bond donors (Lipinski definition) is 0. The molecule has 34 heavy (non-hydrogen) atoms. The number of nitrogens with zero attached hydrogens (tertiary/aromatic N) is 3. The molecule has 1 aliphatic heterocycles. The molecule has 1 unspecified atom stereocenters. The molecule has 2 heterocycles. The van der Waals surface area contributed by atoms with Crippen molar-refractivity contribution in [1.82, 2.24) is 9.55 Å². The van der Waals surface area contributed by atoms with Crippen LogP contribution in [0.4, 0.5) is 10.5 Å². The smallest absolute Gasteiger partial charge is 0.414 e. The number of rotatable bonds is 4. The van der Waals surface area contributed by atoms with E-state index in [9.17, 15) is 4.79 Å². The van der Waals surface area contributed by atoms with E-state index in [0.29, 0.717) is 12.0 Å². The lowest BCUT2D eigenvalue weighted by molar-refractivity contribution is 0.175. The molecule has 0 saturated heterocycles. The van der Waals surface area contributed by atoms with Gasteiger partial charge in [0.2, 0.25) is 0 Å². The van der Waals surface area contributed by atoms with Crippen LogP contribution in [0.25, 0.3) is 11.0 Å². The molecule has 1 saturated carbocycles. The Kier molecular flexibility index (Phi) is 6.37. The van der Waals surface area contributed by atoms with Gasteiger partial charge in [-0.05, 0) is 62.1 Å². The second-order valence-corrected chi connectivity index (χ2v) is 10.5. The van der Waals surface area contributed by atoms with Gasteiger partial charge in [-0.1, -0.05) is 57.0 Å². The summed E-state index contributed by atoms with van der Waals surface area (Å²) in [6.07, 6.45) is 7.41. The van der Waals surface area contributed by atoms with Crippen LogP contribution in [0.1, 0.15) is 75.9 Å². The summed E-state index contributed by atoms with van der Waals surface area (Å²) in [6.45, 7) is 6.82. The van der Waals surface area contributed by atoms with Crippen LogP contribution in [0.5, 0.6) is 0 Å². The van der Waals surface area contributed by atoms with Gasteiger partial charge in [-0.2, -0.15) is 0 Å². The van der Waals surface area contributed by atoms with Gasteiger partial charge < -0.3 is 9.30 Å². The van der Waals surface area contributed by atoms with Crippen LogP contribution in [-0.4, -0.2) is 28.8 Å². The number of aryl methyl sites for hydroxylation is 1. The van der Waals surface area contributed by atoms with Crippen LogP contribution in [0.15, 0.2) is 42.5 Å². The summed E-state index contributed by atoms with van der Waals surface area (Å²) in [5.74, 6) is 2.61. The van der Waals surface area contributed by atoms with Gasteiger partial charge in [0, 0.05) is 24.1 Å². The number of ether oxygens (including phenoxy) is 1. The first-order valence-electron chi connectivity index (χ1n) is 12.9. The molecule has 1 aromatic heterocycles. The van der Waals surface area contributed by atoms with E-state index in [1.807, 2.05) is 4.90 Å². The van der Waals surface area contributed by atoms with Crippen LogP contribution in [0.3, 0.4) is 0 Å². The highest BCUT2D eigenvalue weighted by atomic mass is 16.5. The Hall–Kier alpha value is -2.82. The van der Waals surface area contributed by atoms with Crippen molar-refractivity contribution in [3.05, 3.63) is 59.4 Å². The third-order valence-corrected chi connectivity index (χ3v) is 8.10. The van der Waals surface area contributed by atoms with E-state index >= 15 is 0 Å². The summed E-state index contributed by atoms with van der Waals surface area (Å²) >= 11 is 0. The van der Waals surface area contributed by atoms with E-state index in [2.05, 4.69) is 67.8 Å². The molecule has 5 nitrogen and oxygen atoms in total. The van der Waals surface area contributed by atoms with E-state index in [-0.39, 0.29) is 12.1 Å². The number of fused-ring (bicyclic) bond motifs is 3. The molecule has 2 aliphatic rings. The monoisotopic (exact) mass is 459 g/mol. The highest BCUT2D eigenvalue weighted by Gasteiger charge is 2.33. The van der Waals surface area contributed by atoms with Crippen molar-refractivity contribution in [1.29, 1.82) is 0 Å². The number of hydrogen-bond acceptors (Lipinski definition) is 3. The van der Waals surface area contributed by atoms with E-state index in [1.165, 1.54) is 49.4 Å². The molecule has 0 N–H and O–H groups in total. The van der Waals surface area contributed by atoms with Crippen LogP contribution in [0, 0.1) is 11.8 Å². The van der Waals surface area contributed by atoms with Gasteiger partial charge in [0.25, 0.3) is 0 Å². The molecule has 3 aromatic rings. The minimum Gasteiger partial charge on any atom is -0.452 e. The number of amides is 1. The maximum Gasteiger partial charge on any atom is 0.414 e. The largest absolute Gasteiger partial charge is 0.452 e. The summed E-state index contributed by atoms with van der Waals surface area (Å²) in [5.41, 5.74) is 5.71. The van der Waals surface area contributed by atoms with Gasteiger partial charge >= 0.3 is 6.09 Å². The fourth-order valence-electron chi connectivity index (χ4n) is 6.17. The number of carbonyl (C=O) groups is 1. The van der Waals surface area contributed by atoms with E-state index < -0.39 is 0 Å². The van der Waals surface area contributed by atoms with Crippen LogP contribution >= 0.6 is 0 Å². The number of aromatic nitrogens is 2. The van der Waals surface area contributed by atoms with Crippen LogP contribution in [0.2, 0.25) is 0 Å². The molecule has 1 aliphatic carbocycles. The Morgan fingerprint density at radius 2 is 1.91 bits per heavy atom. The molecule has 1 amide bonds. The maximum atomic E-state index is 12.6. The minimum atomic E-state index is -0.288. The Morgan fingerprint density at radius 3 is 2.65 bits per heavy atom. The zero-order valence-electron chi connectivity index (χ0n) is 21.0. The highest BCUT2D eigenvalue weighted by molar-refractivity contribution is 5.95. The molecule has 0 spiro atoms. The summed E-state index contributed by atoms with van der Waals surface area (Å²) in [6, 6.07) is 15.6. The van der Waals surface area contributed by atoms with Crippen molar-refractivity contribution in [2.75, 3.05) is 12.0 Å². The van der Waals surface area contributed by atoms with Gasteiger partial charge in [0.15, 0.2) is 0 Å². The molecular weight excluding hydrogens is 422 g/mol. The first-order valence-corrected chi connectivity index (χ1v) is 12.9. The topological polar surface area (TPSA) is 47.4 Å². The number of carbonyl (C=O) groups excluding carboxylic acids is 1. The van der Waals surface area contributed by atoms with Crippen molar-refractivity contribution < 1.29 is 9.53 Å². The summed E-state index contributed by atoms with van der Waals surface area (Å²) in [4.78, 5) is 19.7. The fraction of sp³-hybridized carbons (Fsp3) is 0.517. The number of imidazole rings is 1. The third-order valence-electron chi connectivity index (χ3n) is 8.10. The second kappa shape index (κ2) is 9.44. The Balaban J connectivity index is 1.64. The van der Waals surface area contributed by atoms with Gasteiger partial charge in [-0.3, -0.25) is 4.90 Å². The predicted octanol–water partition coefficient (Wildman–Crippen LogP) is 6.92. The molecule has 0 bridgehead atoms. The molecule has 2 aromatic carbocycles. The molecule has 0 radical (unpaired) electrons. The molecule has 1 fully saturated rings. The predicted molar refractivity (Wildman–Crippen MR) is 137 cm³/mol. The SMILES string of the molecule is COC(=O)N1c2ccc3c(nc(Cc4ccccc4)n3[C@@H]3CCCC(C(C)C)C3)c2CC[C@@H]1C. The average molecular weight is 460 g/mol. The number of benzene rings is 2.